The molecule has 1 fully saturated rings. The monoisotopic (exact) mass is 500 g/mol. The van der Waals surface area contributed by atoms with Crippen LogP contribution in [0.25, 0.3) is 0 Å². The summed E-state index contributed by atoms with van der Waals surface area (Å²) in [6, 6.07) is 12.1. The lowest BCUT2D eigenvalue weighted by atomic mass is 9.80. The number of sulfone groups is 1. The molecule has 8 nitrogen and oxygen atoms in total. The number of aromatic nitrogens is 1. The summed E-state index contributed by atoms with van der Waals surface area (Å²) < 4.78 is 26.0. The molecular weight excluding hydrogens is 472 g/mol. The highest BCUT2D eigenvalue weighted by Gasteiger charge is 2.34. The van der Waals surface area contributed by atoms with E-state index in [0.717, 1.165) is 23.3 Å². The number of nitrogens with one attached hydrogen (secondary N) is 2. The predicted molar refractivity (Wildman–Crippen MR) is 129 cm³/mol. The van der Waals surface area contributed by atoms with Crippen molar-refractivity contribution in [2.75, 3.05) is 18.1 Å². The zero-order valence-corrected chi connectivity index (χ0v) is 20.4. The molecule has 10 heteroatoms. The van der Waals surface area contributed by atoms with Crippen LogP contribution in [0.15, 0.2) is 58.6 Å². The minimum Gasteiger partial charge on any atom is -0.351 e. The molecule has 0 bridgehead atoms. The van der Waals surface area contributed by atoms with E-state index < -0.39 is 15.8 Å². The number of hydrogen-bond acceptors (Lipinski definition) is 7. The van der Waals surface area contributed by atoms with Gasteiger partial charge in [0, 0.05) is 29.8 Å². The summed E-state index contributed by atoms with van der Waals surface area (Å²) >= 11 is 1.33. The highest BCUT2D eigenvalue weighted by Crippen LogP contribution is 2.33. The van der Waals surface area contributed by atoms with Gasteiger partial charge in [-0.15, -0.1) is 11.8 Å². The molecule has 2 N–H and O–H groups in total. The number of carbonyl (C=O) groups excluding carboxylic acids is 2. The fourth-order valence-electron chi connectivity index (χ4n) is 4.03. The molecule has 1 aliphatic carbocycles. The topological polar surface area (TPSA) is 129 Å². The Morgan fingerprint density at radius 3 is 2.47 bits per heavy atom. The second-order valence-electron chi connectivity index (χ2n) is 8.20. The van der Waals surface area contributed by atoms with Crippen molar-refractivity contribution in [2.45, 2.75) is 42.0 Å². The van der Waals surface area contributed by atoms with Crippen LogP contribution in [0.1, 0.15) is 31.2 Å². The van der Waals surface area contributed by atoms with E-state index >= 15 is 0 Å². The maximum atomic E-state index is 13.0. The van der Waals surface area contributed by atoms with E-state index in [0.29, 0.717) is 19.4 Å². The normalized spacial score (nSPS) is 18.0. The van der Waals surface area contributed by atoms with E-state index in [2.05, 4.69) is 15.6 Å². The number of amides is 2. The van der Waals surface area contributed by atoms with Crippen molar-refractivity contribution in [3.63, 3.8) is 0 Å². The van der Waals surface area contributed by atoms with Gasteiger partial charge in [-0.3, -0.25) is 14.6 Å². The molecule has 2 aromatic rings. The minimum absolute atomic E-state index is 0.0737. The van der Waals surface area contributed by atoms with Crippen LogP contribution in [-0.4, -0.2) is 43.3 Å². The van der Waals surface area contributed by atoms with Gasteiger partial charge >= 0.3 is 0 Å². The van der Waals surface area contributed by atoms with Crippen molar-refractivity contribution < 1.29 is 18.0 Å². The van der Waals surface area contributed by atoms with Gasteiger partial charge < -0.3 is 10.6 Å². The number of rotatable bonds is 10. The van der Waals surface area contributed by atoms with Crippen LogP contribution < -0.4 is 10.6 Å². The van der Waals surface area contributed by atoms with Crippen molar-refractivity contribution >= 4 is 33.4 Å². The standard InChI is InChI=1S/C24H28N4O4S2/c25-11-14-27-24(30)22-4-2-1-3-19(22)17-34(31,32)21-7-5-20(6-8-21)33-16-23(29)28-15-18-9-12-26-13-10-18/h5-10,12-13,19,22H,1-4,14-17H2,(H,27,30)(H,28,29)/t19-,22+/m0/s1. The molecule has 0 spiro atoms. The van der Waals surface area contributed by atoms with Crippen LogP contribution in [0, 0.1) is 23.2 Å². The molecule has 0 unspecified atom stereocenters. The maximum Gasteiger partial charge on any atom is 0.230 e. The van der Waals surface area contributed by atoms with Crippen LogP contribution in [0.4, 0.5) is 0 Å². The lowest BCUT2D eigenvalue weighted by Gasteiger charge is -2.30. The number of nitriles is 1. The van der Waals surface area contributed by atoms with E-state index in [1.54, 1.807) is 36.7 Å². The first-order valence-electron chi connectivity index (χ1n) is 11.1. The third-order valence-corrected chi connectivity index (χ3v) is 8.68. The lowest BCUT2D eigenvalue weighted by molar-refractivity contribution is -0.127. The molecule has 34 heavy (non-hydrogen) atoms. The van der Waals surface area contributed by atoms with Gasteiger partial charge in [-0.05, 0) is 60.7 Å². The highest BCUT2D eigenvalue weighted by atomic mass is 32.2. The number of benzene rings is 1. The second-order valence-corrected chi connectivity index (χ2v) is 11.3. The number of hydrogen-bond donors (Lipinski definition) is 2. The van der Waals surface area contributed by atoms with Crippen molar-refractivity contribution in [1.82, 2.24) is 15.6 Å². The first-order chi connectivity index (χ1) is 16.4. The Balaban J connectivity index is 1.53. The third kappa shape index (κ3) is 7.57. The predicted octanol–water partition coefficient (Wildman–Crippen LogP) is 2.71. The molecule has 0 saturated heterocycles. The van der Waals surface area contributed by atoms with Gasteiger partial charge in [0.15, 0.2) is 9.84 Å². The number of carbonyl (C=O) groups is 2. The van der Waals surface area contributed by atoms with E-state index in [1.807, 2.05) is 18.2 Å². The molecular formula is C24H28N4O4S2. The zero-order chi connectivity index (χ0) is 24.4. The van der Waals surface area contributed by atoms with Gasteiger partial charge in [-0.1, -0.05) is 12.8 Å². The highest BCUT2D eigenvalue weighted by molar-refractivity contribution is 8.00. The Morgan fingerprint density at radius 2 is 1.76 bits per heavy atom. The van der Waals surface area contributed by atoms with Gasteiger partial charge in [0.1, 0.15) is 6.54 Å². The largest absolute Gasteiger partial charge is 0.351 e. The summed E-state index contributed by atoms with van der Waals surface area (Å²) in [6.07, 6.45) is 6.42. The van der Waals surface area contributed by atoms with Crippen LogP contribution >= 0.6 is 11.8 Å². The maximum absolute atomic E-state index is 13.0. The average molecular weight is 501 g/mol. The molecule has 0 radical (unpaired) electrons. The number of thioether (sulfide) groups is 1. The molecule has 3 rings (SSSR count). The first kappa shape index (κ1) is 25.7. The molecule has 1 aromatic heterocycles. The summed E-state index contributed by atoms with van der Waals surface area (Å²) in [6.45, 7) is 0.353. The molecule has 1 saturated carbocycles. The van der Waals surface area contributed by atoms with E-state index in [-0.39, 0.29) is 40.7 Å². The second kappa shape index (κ2) is 12.5. The first-order valence-corrected chi connectivity index (χ1v) is 13.8. The summed E-state index contributed by atoms with van der Waals surface area (Å²) in [5.41, 5.74) is 0.964. The van der Waals surface area contributed by atoms with Crippen LogP contribution in [0.5, 0.6) is 0 Å². The Morgan fingerprint density at radius 1 is 1.06 bits per heavy atom. The number of pyridine rings is 1. The molecule has 1 heterocycles. The minimum atomic E-state index is -3.57. The van der Waals surface area contributed by atoms with Gasteiger partial charge in [-0.25, -0.2) is 8.42 Å². The van der Waals surface area contributed by atoms with Crippen molar-refractivity contribution in [3.05, 3.63) is 54.4 Å². The zero-order valence-electron chi connectivity index (χ0n) is 18.8. The van der Waals surface area contributed by atoms with Crippen molar-refractivity contribution in [2.24, 2.45) is 11.8 Å². The molecule has 1 aromatic carbocycles. The van der Waals surface area contributed by atoms with Gasteiger partial charge in [0.2, 0.25) is 11.8 Å². The van der Waals surface area contributed by atoms with Crippen LogP contribution in [-0.2, 0) is 26.0 Å². The third-order valence-electron chi connectivity index (χ3n) is 5.81. The Bertz CT molecular complexity index is 1120. The average Bonchev–Trinajstić information content (AvgIpc) is 2.85. The summed E-state index contributed by atoms with van der Waals surface area (Å²) in [4.78, 5) is 29.4. The molecule has 0 aliphatic heterocycles. The SMILES string of the molecule is N#CCNC(=O)[C@@H]1CCCC[C@H]1CS(=O)(=O)c1ccc(SCC(=O)NCc2ccncc2)cc1. The van der Waals surface area contributed by atoms with Crippen molar-refractivity contribution in [3.8, 4) is 6.07 Å². The van der Waals surface area contributed by atoms with E-state index in [9.17, 15) is 18.0 Å². The van der Waals surface area contributed by atoms with E-state index in [4.69, 9.17) is 5.26 Å². The molecule has 2 atom stereocenters. The summed E-state index contributed by atoms with van der Waals surface area (Å²) in [5, 5.41) is 14.1. The fraction of sp³-hybridized carbons (Fsp3) is 0.417. The molecule has 2 amide bonds. The Kier molecular flexibility index (Phi) is 9.48. The van der Waals surface area contributed by atoms with Crippen LogP contribution in [0.2, 0.25) is 0 Å². The Hall–Kier alpha value is -2.90. The van der Waals surface area contributed by atoms with E-state index in [1.165, 1.54) is 11.8 Å². The summed E-state index contributed by atoms with van der Waals surface area (Å²) in [5.74, 6) is -0.889. The fourth-order valence-corrected chi connectivity index (χ4v) is 6.47. The lowest BCUT2D eigenvalue weighted by Crippen LogP contribution is -2.39. The summed E-state index contributed by atoms with van der Waals surface area (Å²) in [7, 11) is -3.57. The van der Waals surface area contributed by atoms with Crippen LogP contribution in [0.3, 0.4) is 0 Å². The smallest absolute Gasteiger partial charge is 0.230 e. The van der Waals surface area contributed by atoms with Gasteiger partial charge in [0.25, 0.3) is 0 Å². The number of nitrogens with zero attached hydrogens (tertiary/aromatic N) is 2. The Labute approximate surface area is 204 Å². The molecule has 180 valence electrons. The van der Waals surface area contributed by atoms with Gasteiger partial charge in [0.05, 0.1) is 22.5 Å². The quantitative estimate of drug-likeness (QED) is 0.379. The molecule has 1 aliphatic rings. The van der Waals surface area contributed by atoms with Gasteiger partial charge in [-0.2, -0.15) is 5.26 Å². The van der Waals surface area contributed by atoms with Crippen molar-refractivity contribution in [1.29, 1.82) is 5.26 Å².